The maximum Gasteiger partial charge on any atom is 0.264 e. The van der Waals surface area contributed by atoms with E-state index in [4.69, 9.17) is 4.18 Å². The van der Waals surface area contributed by atoms with Crippen LogP contribution in [0.5, 0.6) is 0 Å². The van der Waals surface area contributed by atoms with Crippen LogP contribution in [-0.2, 0) is 20.9 Å². The zero-order valence-corrected chi connectivity index (χ0v) is 15.7. The molecule has 0 spiro atoms. The molecule has 0 saturated carbocycles. The molecule has 28 heavy (non-hydrogen) atoms. The molecule has 6 nitrogen and oxygen atoms in total. The normalized spacial score (nSPS) is 11.8. The molecular weight excluding hydrogens is 381 g/mol. The molecule has 0 bridgehead atoms. The Balaban J connectivity index is 1.95. The lowest BCUT2D eigenvalue weighted by molar-refractivity contribution is 0.304. The van der Waals surface area contributed by atoms with Gasteiger partial charge in [0.15, 0.2) is 0 Å². The fraction of sp³-hybridized carbons (Fsp3) is 0.100. The van der Waals surface area contributed by atoms with Crippen molar-refractivity contribution in [1.82, 2.24) is 14.6 Å². The van der Waals surface area contributed by atoms with Crippen molar-refractivity contribution >= 4 is 15.6 Å². The maximum atomic E-state index is 13.4. The van der Waals surface area contributed by atoms with E-state index in [1.807, 2.05) is 24.3 Å². The third-order valence-electron chi connectivity index (χ3n) is 4.24. The quantitative estimate of drug-likeness (QED) is 0.480. The summed E-state index contributed by atoms with van der Waals surface area (Å²) in [5.41, 5.74) is 4.48. The summed E-state index contributed by atoms with van der Waals surface area (Å²) in [7, 11) is -3.59. The minimum atomic E-state index is -3.59. The molecule has 3 heterocycles. The largest absolute Gasteiger partial charge is 0.265 e. The molecular formula is C20H16FN3O3S. The van der Waals surface area contributed by atoms with Gasteiger partial charge in [0.1, 0.15) is 18.1 Å². The molecule has 0 amide bonds. The highest BCUT2D eigenvalue weighted by Gasteiger charge is 2.18. The molecule has 0 saturated heterocycles. The SMILES string of the molecule is CS(=O)(=O)OCc1cccc2c(-c3ccncc3)c(-c3ccc(F)cc3)nn12. The van der Waals surface area contributed by atoms with E-state index in [1.165, 1.54) is 12.1 Å². The first kappa shape index (κ1) is 18.3. The van der Waals surface area contributed by atoms with E-state index in [9.17, 15) is 12.8 Å². The molecule has 3 aromatic heterocycles. The van der Waals surface area contributed by atoms with Crippen molar-refractivity contribution in [3.8, 4) is 22.4 Å². The predicted octanol–water partition coefficient (Wildman–Crippen LogP) is 3.68. The van der Waals surface area contributed by atoms with E-state index >= 15 is 0 Å². The lowest BCUT2D eigenvalue weighted by atomic mass is 10.0. The Morgan fingerprint density at radius 3 is 2.39 bits per heavy atom. The van der Waals surface area contributed by atoms with Crippen LogP contribution in [0.25, 0.3) is 27.9 Å². The van der Waals surface area contributed by atoms with Gasteiger partial charge >= 0.3 is 0 Å². The topological polar surface area (TPSA) is 73.6 Å². The lowest BCUT2D eigenvalue weighted by Crippen LogP contribution is -2.06. The van der Waals surface area contributed by atoms with Crippen molar-refractivity contribution < 1.29 is 17.0 Å². The molecule has 0 N–H and O–H groups in total. The molecule has 0 radical (unpaired) electrons. The third kappa shape index (κ3) is 3.64. The summed E-state index contributed by atoms with van der Waals surface area (Å²) in [5.74, 6) is -0.333. The average molecular weight is 397 g/mol. The van der Waals surface area contributed by atoms with Crippen LogP contribution in [0.1, 0.15) is 5.69 Å². The van der Waals surface area contributed by atoms with Gasteiger partial charge in [0.25, 0.3) is 10.1 Å². The fourth-order valence-corrected chi connectivity index (χ4v) is 3.35. The fourth-order valence-electron chi connectivity index (χ4n) is 3.01. The number of fused-ring (bicyclic) bond motifs is 1. The highest BCUT2D eigenvalue weighted by Crippen LogP contribution is 2.35. The van der Waals surface area contributed by atoms with Crippen molar-refractivity contribution in [2.75, 3.05) is 6.26 Å². The van der Waals surface area contributed by atoms with Crippen molar-refractivity contribution in [2.24, 2.45) is 0 Å². The highest BCUT2D eigenvalue weighted by atomic mass is 32.2. The standard InChI is InChI=1S/C20H16FN3O3S/c1-28(25,26)27-13-17-3-2-4-18-19(14-9-11-22-12-10-14)20(23-24(17)18)15-5-7-16(21)8-6-15/h2-12H,13H2,1H3. The number of benzene rings is 1. The monoisotopic (exact) mass is 397 g/mol. The van der Waals surface area contributed by atoms with Crippen LogP contribution in [0.4, 0.5) is 4.39 Å². The second-order valence-corrected chi connectivity index (χ2v) is 7.89. The Hall–Kier alpha value is -3.10. The van der Waals surface area contributed by atoms with Gasteiger partial charge in [-0.3, -0.25) is 9.17 Å². The predicted molar refractivity (Wildman–Crippen MR) is 103 cm³/mol. The van der Waals surface area contributed by atoms with Crippen LogP contribution in [0, 0.1) is 5.82 Å². The van der Waals surface area contributed by atoms with Gasteiger partial charge in [0, 0.05) is 23.5 Å². The summed E-state index contributed by atoms with van der Waals surface area (Å²) in [4.78, 5) is 4.06. The first-order chi connectivity index (χ1) is 13.4. The Labute approximate surface area is 161 Å². The molecule has 0 aliphatic carbocycles. The van der Waals surface area contributed by atoms with Gasteiger partial charge < -0.3 is 0 Å². The smallest absolute Gasteiger partial charge is 0.264 e. The van der Waals surface area contributed by atoms with Gasteiger partial charge in [0.05, 0.1) is 17.5 Å². The second-order valence-electron chi connectivity index (χ2n) is 6.25. The van der Waals surface area contributed by atoms with Crippen LogP contribution in [0.15, 0.2) is 67.0 Å². The first-order valence-corrected chi connectivity index (χ1v) is 10.3. The number of hydrogen-bond donors (Lipinski definition) is 0. The van der Waals surface area contributed by atoms with Crippen LogP contribution >= 0.6 is 0 Å². The molecule has 4 rings (SSSR count). The van der Waals surface area contributed by atoms with Crippen molar-refractivity contribution in [2.45, 2.75) is 6.61 Å². The molecule has 0 fully saturated rings. The molecule has 0 unspecified atom stereocenters. The molecule has 4 aromatic rings. The van der Waals surface area contributed by atoms with Crippen LogP contribution in [0.2, 0.25) is 0 Å². The van der Waals surface area contributed by atoms with E-state index in [0.717, 1.165) is 28.5 Å². The summed E-state index contributed by atoms with van der Waals surface area (Å²) in [6, 6.07) is 15.3. The van der Waals surface area contributed by atoms with E-state index in [0.29, 0.717) is 11.4 Å². The summed E-state index contributed by atoms with van der Waals surface area (Å²) in [5, 5.41) is 4.69. The Bertz CT molecular complexity index is 1240. The first-order valence-electron chi connectivity index (χ1n) is 8.44. The Morgan fingerprint density at radius 1 is 1.00 bits per heavy atom. The Morgan fingerprint density at radius 2 is 1.71 bits per heavy atom. The van der Waals surface area contributed by atoms with E-state index in [1.54, 1.807) is 35.1 Å². The van der Waals surface area contributed by atoms with Gasteiger partial charge in [-0.2, -0.15) is 13.5 Å². The van der Waals surface area contributed by atoms with Crippen molar-refractivity contribution in [3.05, 3.63) is 78.5 Å². The van der Waals surface area contributed by atoms with Crippen molar-refractivity contribution in [3.63, 3.8) is 0 Å². The molecule has 0 atom stereocenters. The Kier molecular flexibility index (Phi) is 4.66. The zero-order chi connectivity index (χ0) is 19.7. The summed E-state index contributed by atoms with van der Waals surface area (Å²) in [6.45, 7) is -0.142. The van der Waals surface area contributed by atoms with E-state index in [-0.39, 0.29) is 12.4 Å². The summed E-state index contributed by atoms with van der Waals surface area (Å²) >= 11 is 0. The third-order valence-corrected chi connectivity index (χ3v) is 4.79. The van der Waals surface area contributed by atoms with Gasteiger partial charge in [-0.25, -0.2) is 8.91 Å². The lowest BCUT2D eigenvalue weighted by Gasteiger charge is -2.05. The molecule has 1 aromatic carbocycles. The zero-order valence-electron chi connectivity index (χ0n) is 14.9. The van der Waals surface area contributed by atoms with E-state index < -0.39 is 10.1 Å². The van der Waals surface area contributed by atoms with Crippen LogP contribution in [0.3, 0.4) is 0 Å². The minimum Gasteiger partial charge on any atom is -0.265 e. The number of halogens is 1. The molecule has 8 heteroatoms. The highest BCUT2D eigenvalue weighted by molar-refractivity contribution is 7.85. The number of aromatic nitrogens is 3. The van der Waals surface area contributed by atoms with Gasteiger partial charge in [-0.1, -0.05) is 6.07 Å². The molecule has 142 valence electrons. The number of pyridine rings is 2. The second kappa shape index (κ2) is 7.14. The number of hydrogen-bond acceptors (Lipinski definition) is 5. The van der Waals surface area contributed by atoms with Crippen LogP contribution in [-0.4, -0.2) is 29.3 Å². The number of rotatable bonds is 5. The summed E-state index contributed by atoms with van der Waals surface area (Å²) < 4.78 is 42.8. The minimum absolute atomic E-state index is 0.142. The van der Waals surface area contributed by atoms with Gasteiger partial charge in [0.2, 0.25) is 0 Å². The molecule has 0 aliphatic rings. The summed E-state index contributed by atoms with van der Waals surface area (Å²) in [6.07, 6.45) is 4.37. The van der Waals surface area contributed by atoms with Gasteiger partial charge in [-0.15, -0.1) is 0 Å². The number of nitrogens with zero attached hydrogens (tertiary/aromatic N) is 3. The van der Waals surface area contributed by atoms with Crippen LogP contribution < -0.4 is 0 Å². The maximum absolute atomic E-state index is 13.4. The average Bonchev–Trinajstić information content (AvgIpc) is 3.07. The van der Waals surface area contributed by atoms with Gasteiger partial charge in [-0.05, 0) is 54.1 Å². The van der Waals surface area contributed by atoms with Crippen molar-refractivity contribution in [1.29, 1.82) is 0 Å². The van der Waals surface area contributed by atoms with E-state index in [2.05, 4.69) is 10.1 Å². The molecule has 0 aliphatic heterocycles.